The van der Waals surface area contributed by atoms with Crippen LogP contribution in [0.5, 0.6) is 0 Å². The fourth-order valence-electron chi connectivity index (χ4n) is 2.04. The highest BCUT2D eigenvalue weighted by Crippen LogP contribution is 2.19. The van der Waals surface area contributed by atoms with Gasteiger partial charge in [-0.25, -0.2) is 0 Å². The molecule has 0 fully saturated rings. The van der Waals surface area contributed by atoms with Crippen molar-refractivity contribution >= 4 is 31.9 Å². The number of rotatable bonds is 4. The van der Waals surface area contributed by atoms with Crippen molar-refractivity contribution < 1.29 is 0 Å². The third-order valence-corrected chi connectivity index (χ3v) is 4.72. The molecule has 0 aliphatic heterocycles. The van der Waals surface area contributed by atoms with Crippen LogP contribution in [0.2, 0.25) is 0 Å². The van der Waals surface area contributed by atoms with Crippen molar-refractivity contribution in [3.8, 4) is 0 Å². The molecule has 1 aromatic heterocycles. The van der Waals surface area contributed by atoms with E-state index in [1.165, 1.54) is 0 Å². The molecule has 0 radical (unpaired) electrons. The molecule has 1 heterocycles. The van der Waals surface area contributed by atoms with Gasteiger partial charge in [0.1, 0.15) is 0 Å². The standard InChI is InChI=1S/C16H12Br2N4/c17-13-7-3-1-5-11(13)9-15-19-21-16(22-20-15)10-12-6-2-4-8-14(12)18/h1-8H,9-10H2. The molecule has 0 unspecified atom stereocenters. The summed E-state index contributed by atoms with van der Waals surface area (Å²) in [5, 5.41) is 16.7. The summed E-state index contributed by atoms with van der Waals surface area (Å²) in [5.41, 5.74) is 2.23. The lowest BCUT2D eigenvalue weighted by atomic mass is 10.1. The van der Waals surface area contributed by atoms with Gasteiger partial charge >= 0.3 is 0 Å². The molecule has 0 N–H and O–H groups in total. The minimum absolute atomic E-state index is 0.608. The Bertz CT molecular complexity index is 709. The van der Waals surface area contributed by atoms with E-state index in [0.29, 0.717) is 24.5 Å². The van der Waals surface area contributed by atoms with Crippen molar-refractivity contribution in [1.29, 1.82) is 0 Å². The lowest BCUT2D eigenvalue weighted by Crippen LogP contribution is -2.07. The first-order chi connectivity index (χ1) is 10.7. The van der Waals surface area contributed by atoms with Crippen molar-refractivity contribution in [1.82, 2.24) is 20.4 Å². The van der Waals surface area contributed by atoms with Crippen molar-refractivity contribution in [2.75, 3.05) is 0 Å². The van der Waals surface area contributed by atoms with E-state index in [-0.39, 0.29) is 0 Å². The van der Waals surface area contributed by atoms with E-state index in [2.05, 4.69) is 52.3 Å². The van der Waals surface area contributed by atoms with Crippen LogP contribution in [-0.2, 0) is 12.8 Å². The van der Waals surface area contributed by atoms with Crippen molar-refractivity contribution in [3.05, 3.63) is 80.3 Å². The monoisotopic (exact) mass is 418 g/mol. The molecule has 4 nitrogen and oxygen atoms in total. The average molecular weight is 420 g/mol. The van der Waals surface area contributed by atoms with Gasteiger partial charge in [-0.3, -0.25) is 0 Å². The zero-order chi connectivity index (χ0) is 15.4. The SMILES string of the molecule is Brc1ccccc1Cc1nnc(Cc2ccccc2Br)nn1. The molecule has 0 bridgehead atoms. The molecule has 0 amide bonds. The molecule has 2 aromatic carbocycles. The van der Waals surface area contributed by atoms with Gasteiger partial charge in [0, 0.05) is 21.8 Å². The number of halogens is 2. The maximum atomic E-state index is 4.18. The third kappa shape index (κ3) is 3.75. The largest absolute Gasteiger partial charge is 0.177 e. The molecule has 3 aromatic rings. The Kier molecular flexibility index (Phi) is 4.90. The molecule has 0 saturated carbocycles. The Morgan fingerprint density at radius 3 is 1.32 bits per heavy atom. The predicted molar refractivity (Wildman–Crippen MR) is 91.5 cm³/mol. The van der Waals surface area contributed by atoms with E-state index in [1.54, 1.807) is 0 Å². The first-order valence-corrected chi connectivity index (χ1v) is 8.33. The van der Waals surface area contributed by atoms with E-state index in [1.807, 2.05) is 48.5 Å². The van der Waals surface area contributed by atoms with Crippen LogP contribution < -0.4 is 0 Å². The van der Waals surface area contributed by atoms with Crippen LogP contribution in [-0.4, -0.2) is 20.4 Å². The Balaban J connectivity index is 1.73. The van der Waals surface area contributed by atoms with E-state index in [0.717, 1.165) is 20.1 Å². The molecular weight excluding hydrogens is 408 g/mol. The topological polar surface area (TPSA) is 51.6 Å². The number of aromatic nitrogens is 4. The molecule has 0 aliphatic rings. The summed E-state index contributed by atoms with van der Waals surface area (Å²) in [5.74, 6) is 1.23. The average Bonchev–Trinajstić information content (AvgIpc) is 2.54. The maximum absolute atomic E-state index is 4.18. The minimum atomic E-state index is 0.608. The highest BCUT2D eigenvalue weighted by molar-refractivity contribution is 9.10. The van der Waals surface area contributed by atoms with Gasteiger partial charge in [-0.1, -0.05) is 68.3 Å². The van der Waals surface area contributed by atoms with Gasteiger partial charge in [0.05, 0.1) is 0 Å². The molecule has 0 saturated heterocycles. The lowest BCUT2D eigenvalue weighted by Gasteiger charge is -2.04. The van der Waals surface area contributed by atoms with E-state index in [9.17, 15) is 0 Å². The van der Waals surface area contributed by atoms with Crippen LogP contribution >= 0.6 is 31.9 Å². The van der Waals surface area contributed by atoms with E-state index < -0.39 is 0 Å². The van der Waals surface area contributed by atoms with Crippen LogP contribution in [0.1, 0.15) is 22.8 Å². The van der Waals surface area contributed by atoms with Crippen molar-refractivity contribution in [2.45, 2.75) is 12.8 Å². The first kappa shape index (κ1) is 15.2. The summed E-state index contributed by atoms with van der Waals surface area (Å²) in [7, 11) is 0. The second-order valence-corrected chi connectivity index (χ2v) is 6.48. The van der Waals surface area contributed by atoms with Crippen LogP contribution in [0.15, 0.2) is 57.5 Å². The summed E-state index contributed by atoms with van der Waals surface area (Å²) >= 11 is 7.04. The van der Waals surface area contributed by atoms with Crippen molar-refractivity contribution in [2.24, 2.45) is 0 Å². The summed E-state index contributed by atoms with van der Waals surface area (Å²) in [6, 6.07) is 16.0. The van der Waals surface area contributed by atoms with Gasteiger partial charge < -0.3 is 0 Å². The quantitative estimate of drug-likeness (QED) is 0.641. The Hall–Kier alpha value is -1.66. The molecule has 0 aliphatic carbocycles. The van der Waals surface area contributed by atoms with E-state index in [4.69, 9.17) is 0 Å². The maximum Gasteiger partial charge on any atom is 0.177 e. The zero-order valence-electron chi connectivity index (χ0n) is 11.6. The number of hydrogen-bond acceptors (Lipinski definition) is 4. The molecule has 0 spiro atoms. The van der Waals surface area contributed by atoms with E-state index >= 15 is 0 Å². The lowest BCUT2D eigenvalue weighted by molar-refractivity contribution is 0.725. The molecule has 110 valence electrons. The smallest absolute Gasteiger partial charge is 0.131 e. The first-order valence-electron chi connectivity index (χ1n) is 6.74. The number of benzene rings is 2. The van der Waals surface area contributed by atoms with Gasteiger partial charge in [-0.2, -0.15) is 0 Å². The third-order valence-electron chi connectivity index (χ3n) is 3.17. The van der Waals surface area contributed by atoms with Gasteiger partial charge in [0.15, 0.2) is 11.6 Å². The fraction of sp³-hybridized carbons (Fsp3) is 0.125. The molecule has 0 atom stereocenters. The van der Waals surface area contributed by atoms with Crippen molar-refractivity contribution in [3.63, 3.8) is 0 Å². The summed E-state index contributed by atoms with van der Waals surface area (Å²) in [6.45, 7) is 0. The van der Waals surface area contributed by atoms with Crippen LogP contribution in [0.3, 0.4) is 0 Å². The molecule has 6 heteroatoms. The number of hydrogen-bond donors (Lipinski definition) is 0. The highest BCUT2D eigenvalue weighted by Gasteiger charge is 2.07. The fourth-order valence-corrected chi connectivity index (χ4v) is 2.89. The molecule has 22 heavy (non-hydrogen) atoms. The van der Waals surface area contributed by atoms with Gasteiger partial charge in [-0.05, 0) is 23.3 Å². The Morgan fingerprint density at radius 2 is 0.955 bits per heavy atom. The molecule has 3 rings (SSSR count). The summed E-state index contributed by atoms with van der Waals surface area (Å²) in [6.07, 6.45) is 1.22. The predicted octanol–water partition coefficient (Wildman–Crippen LogP) is 3.97. The molecular formula is C16H12Br2N4. The van der Waals surface area contributed by atoms with Crippen LogP contribution in [0.4, 0.5) is 0 Å². The van der Waals surface area contributed by atoms with Crippen LogP contribution in [0, 0.1) is 0 Å². The Labute approximate surface area is 145 Å². The Morgan fingerprint density at radius 1 is 0.591 bits per heavy atom. The number of nitrogens with zero attached hydrogens (tertiary/aromatic N) is 4. The van der Waals surface area contributed by atoms with Gasteiger partial charge in [0.2, 0.25) is 0 Å². The van der Waals surface area contributed by atoms with Gasteiger partial charge in [-0.15, -0.1) is 20.4 Å². The van der Waals surface area contributed by atoms with Crippen LogP contribution in [0.25, 0.3) is 0 Å². The highest BCUT2D eigenvalue weighted by atomic mass is 79.9. The second kappa shape index (κ2) is 7.07. The van der Waals surface area contributed by atoms with Gasteiger partial charge in [0.25, 0.3) is 0 Å². The zero-order valence-corrected chi connectivity index (χ0v) is 14.7. The summed E-state index contributed by atoms with van der Waals surface area (Å²) < 4.78 is 2.08. The normalized spacial score (nSPS) is 10.6. The second-order valence-electron chi connectivity index (χ2n) is 4.77. The summed E-state index contributed by atoms with van der Waals surface area (Å²) in [4.78, 5) is 0. The minimum Gasteiger partial charge on any atom is -0.131 e.